The van der Waals surface area contributed by atoms with Crippen molar-refractivity contribution in [3.05, 3.63) is 54.1 Å². The molecule has 2 aromatic rings. The zero-order valence-corrected chi connectivity index (χ0v) is 34.4. The molecule has 0 saturated heterocycles. The quantitative estimate of drug-likeness (QED) is 0.131. The predicted octanol–water partition coefficient (Wildman–Crippen LogP) is 8.92. The van der Waals surface area contributed by atoms with Gasteiger partial charge in [0.25, 0.3) is 0 Å². The number of hydrogen-bond acceptors (Lipinski definition) is 6. The van der Waals surface area contributed by atoms with Gasteiger partial charge < -0.3 is 20.6 Å². The van der Waals surface area contributed by atoms with E-state index in [-0.39, 0.29) is 0 Å². The molecule has 2 aromatic carbocycles. The van der Waals surface area contributed by atoms with E-state index in [1.807, 2.05) is 24.3 Å². The summed E-state index contributed by atoms with van der Waals surface area (Å²) in [5.41, 5.74) is 2.88. The number of nitriles is 1. The highest BCUT2D eigenvalue weighted by molar-refractivity contribution is 6.94. The van der Waals surface area contributed by atoms with Gasteiger partial charge in [-0.25, -0.2) is 0 Å². The molecule has 0 aliphatic carbocycles. The fraction of sp³-hybridized carbons (Fsp3) is 0.567. The van der Waals surface area contributed by atoms with Crippen LogP contribution in [0.3, 0.4) is 0 Å². The Labute approximate surface area is 263 Å². The molecule has 0 aliphatic heterocycles. The highest BCUT2D eigenvalue weighted by Gasteiger charge is 2.47. The third kappa shape index (κ3) is 12.6. The fourth-order valence-electron chi connectivity index (χ4n) is 5.85. The van der Waals surface area contributed by atoms with Crippen molar-refractivity contribution in [3.63, 3.8) is 0 Å². The summed E-state index contributed by atoms with van der Waals surface area (Å²) in [5, 5.41) is 10.3. The van der Waals surface area contributed by atoms with Crippen molar-refractivity contribution < 1.29 is 20.6 Å². The van der Waals surface area contributed by atoms with E-state index >= 15 is 0 Å². The molecule has 2 rings (SSSR count). The monoisotopic (exact) mass is 677 g/mol. The summed E-state index contributed by atoms with van der Waals surface area (Å²) in [6.45, 7) is 28.4. The average molecular weight is 678 g/mol. The van der Waals surface area contributed by atoms with E-state index in [4.69, 9.17) is 25.8 Å². The van der Waals surface area contributed by atoms with Crippen molar-refractivity contribution in [2.75, 3.05) is 0 Å². The van der Waals surface area contributed by atoms with E-state index in [2.05, 4.69) is 116 Å². The van der Waals surface area contributed by atoms with E-state index in [0.717, 1.165) is 11.1 Å². The third-order valence-corrected chi connectivity index (χ3v) is 30.1. The first-order valence-corrected chi connectivity index (χ1v) is 32.5. The second-order valence-electron chi connectivity index (χ2n) is 14.1. The molecule has 0 heterocycles. The third-order valence-electron chi connectivity index (χ3n) is 6.81. The Morgan fingerprint density at radius 2 is 0.952 bits per heavy atom. The lowest BCUT2D eigenvalue weighted by atomic mass is 10.0. The minimum absolute atomic E-state index is 0.667. The Kier molecular flexibility index (Phi) is 12.8. The van der Waals surface area contributed by atoms with Crippen LogP contribution in [0, 0.1) is 11.3 Å². The maximum Gasteiger partial charge on any atom is 0.314 e. The molecule has 0 fully saturated rings. The molecule has 0 unspecified atom stereocenters. The van der Waals surface area contributed by atoms with Gasteiger partial charge >= 0.3 is 34.2 Å². The van der Waals surface area contributed by atoms with Crippen LogP contribution in [0.25, 0.3) is 11.1 Å². The van der Waals surface area contributed by atoms with Gasteiger partial charge in [-0.15, -0.1) is 0 Å². The van der Waals surface area contributed by atoms with Gasteiger partial charge in [0.2, 0.25) is 8.32 Å². The molecule has 0 saturated carbocycles. The lowest BCUT2D eigenvalue weighted by Crippen LogP contribution is -2.61. The van der Waals surface area contributed by atoms with Crippen molar-refractivity contribution in [1.82, 2.24) is 0 Å². The Bertz CT molecular complexity index is 1190. The topological polar surface area (TPSA) is 69.9 Å². The van der Waals surface area contributed by atoms with Crippen LogP contribution in [-0.2, 0) is 20.6 Å². The van der Waals surface area contributed by atoms with Crippen LogP contribution in [0.4, 0.5) is 0 Å². The van der Waals surface area contributed by atoms with Gasteiger partial charge in [0.05, 0.1) is 11.6 Å². The lowest BCUT2D eigenvalue weighted by Gasteiger charge is -2.43. The zero-order chi connectivity index (χ0) is 32.0. The molecule has 0 atom stereocenters. The normalized spacial score (nSPS) is 13.7. The van der Waals surface area contributed by atoms with E-state index in [1.54, 1.807) is 0 Å². The van der Waals surface area contributed by atoms with Gasteiger partial charge in [-0.3, -0.25) is 0 Å². The molecule has 0 aromatic heterocycles. The largest absolute Gasteiger partial charge is 0.436 e. The summed E-state index contributed by atoms with van der Waals surface area (Å²) in [4.78, 5) is 0. The minimum atomic E-state index is -2.57. The Morgan fingerprint density at radius 3 is 1.38 bits per heavy atom. The van der Waals surface area contributed by atoms with Gasteiger partial charge in [0.15, 0.2) is 8.32 Å². The molecule has 0 N–H and O–H groups in total. The molecule has 0 spiro atoms. The Morgan fingerprint density at radius 1 is 0.548 bits per heavy atom. The van der Waals surface area contributed by atoms with E-state index < -0.39 is 50.9 Å². The number of unbranched alkanes of at least 4 members (excludes halogenated alkanes) is 2. The predicted molar refractivity (Wildman–Crippen MR) is 191 cm³/mol. The molecule has 42 heavy (non-hydrogen) atoms. The van der Waals surface area contributed by atoms with Crippen LogP contribution in [-0.4, -0.2) is 50.9 Å². The average Bonchev–Trinajstić information content (AvgIpc) is 2.80. The first-order chi connectivity index (χ1) is 19.1. The first-order valence-electron chi connectivity index (χ1n) is 15.2. The summed E-state index contributed by atoms with van der Waals surface area (Å²) in [6, 6.07) is 19.7. The first kappa shape index (κ1) is 37.2. The van der Waals surface area contributed by atoms with Crippen molar-refractivity contribution >= 4 is 56.1 Å². The number of benzene rings is 2. The van der Waals surface area contributed by atoms with Gasteiger partial charge in [-0.2, -0.15) is 5.26 Å². The molecule has 0 radical (unpaired) electrons. The van der Waals surface area contributed by atoms with E-state index in [9.17, 15) is 0 Å². The van der Waals surface area contributed by atoms with Crippen molar-refractivity contribution in [2.24, 2.45) is 0 Å². The van der Waals surface area contributed by atoms with Crippen LogP contribution in [0.2, 0.25) is 84.6 Å². The zero-order valence-electron chi connectivity index (χ0n) is 28.4. The molecule has 12 heteroatoms. The molecule has 0 bridgehead atoms. The Hall–Kier alpha value is -0.969. The second kappa shape index (κ2) is 14.4. The van der Waals surface area contributed by atoms with Gasteiger partial charge in [0.1, 0.15) is 0 Å². The summed E-state index contributed by atoms with van der Waals surface area (Å²) in [5.74, 6) is 0. The highest BCUT2D eigenvalue weighted by atomic mass is 28.5. The molecular formula is C30H55NO5Si6. The van der Waals surface area contributed by atoms with Crippen LogP contribution in [0.15, 0.2) is 48.5 Å². The van der Waals surface area contributed by atoms with E-state index in [1.165, 1.54) is 30.5 Å². The van der Waals surface area contributed by atoms with Crippen LogP contribution < -0.4 is 5.19 Å². The number of rotatable bonds is 16. The number of hydrogen-bond donors (Lipinski definition) is 0. The highest BCUT2D eigenvalue weighted by Crippen LogP contribution is 2.29. The minimum Gasteiger partial charge on any atom is -0.436 e. The van der Waals surface area contributed by atoms with Crippen molar-refractivity contribution in [1.29, 1.82) is 5.26 Å². The summed E-state index contributed by atoms with van der Waals surface area (Å²) >= 11 is 0. The molecule has 0 amide bonds. The number of nitrogens with zero attached hydrogens (tertiary/aromatic N) is 1. The Balaban J connectivity index is 2.05. The summed E-state index contributed by atoms with van der Waals surface area (Å²) in [7, 11) is -14.1. The second-order valence-corrected chi connectivity index (χ2v) is 37.0. The standard InChI is InChI=1S/C30H55NO5Si6/c1-14-15-16-25-37(2,3)32-39(6,7)34-41(10,11)36-42(12,13)35-40(8,9)33-38(4,5)30-23-21-29(22-24-30)28-19-17-27(26-31)18-20-28/h17-24H,14-16,25H2,1-13H3. The van der Waals surface area contributed by atoms with E-state index in [0.29, 0.717) is 5.56 Å². The van der Waals surface area contributed by atoms with Gasteiger partial charge in [-0.1, -0.05) is 62.6 Å². The van der Waals surface area contributed by atoms with Crippen molar-refractivity contribution in [3.8, 4) is 17.2 Å². The van der Waals surface area contributed by atoms with Crippen LogP contribution in [0.5, 0.6) is 0 Å². The molecular weight excluding hydrogens is 623 g/mol. The summed E-state index contributed by atoms with van der Waals surface area (Å²) in [6.07, 6.45) is 3.71. The smallest absolute Gasteiger partial charge is 0.314 e. The molecule has 0 aliphatic rings. The maximum absolute atomic E-state index is 9.08. The maximum atomic E-state index is 9.08. The van der Waals surface area contributed by atoms with Gasteiger partial charge in [0, 0.05) is 0 Å². The lowest BCUT2D eigenvalue weighted by molar-refractivity contribution is 0.282. The fourth-order valence-corrected chi connectivity index (χ4v) is 35.4. The van der Waals surface area contributed by atoms with Crippen LogP contribution >= 0.6 is 0 Å². The summed E-state index contributed by atoms with van der Waals surface area (Å²) < 4.78 is 33.9. The molecule has 6 nitrogen and oxygen atoms in total. The molecule has 234 valence electrons. The SMILES string of the molecule is CCCCC[Si](C)(C)O[Si](C)(C)O[Si](C)(C)O[Si](C)(C)O[Si](C)(C)O[Si](C)(C)c1ccc(-c2ccc(C#N)cc2)cc1. The van der Waals surface area contributed by atoms with Crippen molar-refractivity contribution in [2.45, 2.75) is 111 Å². The van der Waals surface area contributed by atoms with Crippen LogP contribution in [0.1, 0.15) is 31.7 Å². The van der Waals surface area contributed by atoms with Gasteiger partial charge in [-0.05, 0) is 113 Å².